The first-order valence-electron chi connectivity index (χ1n) is 5.12. The van der Waals surface area contributed by atoms with Crippen LogP contribution in [-0.4, -0.2) is 43.9 Å². The van der Waals surface area contributed by atoms with Crippen molar-refractivity contribution in [3.05, 3.63) is 23.7 Å². The fourth-order valence-electron chi connectivity index (χ4n) is 1.26. The minimum atomic E-state index is -0.528. The van der Waals surface area contributed by atoms with Crippen molar-refractivity contribution in [2.24, 2.45) is 0 Å². The third-order valence-corrected chi connectivity index (χ3v) is 2.17. The molecule has 2 N–H and O–H groups in total. The van der Waals surface area contributed by atoms with Gasteiger partial charge in [0.2, 0.25) is 0 Å². The van der Waals surface area contributed by atoms with Gasteiger partial charge in [0.15, 0.2) is 11.5 Å². The number of nitrogens with zero attached hydrogens (tertiary/aromatic N) is 5. The Balaban J connectivity index is 2.04. The molecule has 0 aromatic carbocycles. The number of ether oxygens (including phenoxy) is 1. The van der Waals surface area contributed by atoms with Crippen molar-refractivity contribution in [2.45, 2.75) is 13.0 Å². The van der Waals surface area contributed by atoms with Crippen LogP contribution in [0.3, 0.4) is 0 Å². The lowest BCUT2D eigenvalue weighted by molar-refractivity contribution is 0.0593. The molecular formula is C9H11N7O2. The number of carbonyl (C=O) groups excluding carboxylic acids is 1. The number of nitrogens with one attached hydrogen (secondary N) is 2. The Labute approximate surface area is 102 Å². The number of tetrazole rings is 1. The molecule has 18 heavy (non-hydrogen) atoms. The topological polar surface area (TPSA) is 119 Å². The Bertz CT molecular complexity index is 510. The van der Waals surface area contributed by atoms with Crippen LogP contribution in [0.4, 0.5) is 5.82 Å². The second-order valence-corrected chi connectivity index (χ2v) is 3.43. The van der Waals surface area contributed by atoms with Crippen LogP contribution < -0.4 is 5.32 Å². The maximum absolute atomic E-state index is 11.2. The summed E-state index contributed by atoms with van der Waals surface area (Å²) >= 11 is 0. The van der Waals surface area contributed by atoms with Crippen LogP contribution in [0.1, 0.15) is 29.3 Å². The molecule has 0 saturated carbocycles. The van der Waals surface area contributed by atoms with Gasteiger partial charge in [-0.25, -0.2) is 4.79 Å². The molecule has 1 unspecified atom stereocenters. The van der Waals surface area contributed by atoms with E-state index >= 15 is 0 Å². The molecule has 0 spiro atoms. The van der Waals surface area contributed by atoms with E-state index in [1.807, 2.05) is 6.92 Å². The highest BCUT2D eigenvalue weighted by Gasteiger charge is 2.12. The Morgan fingerprint density at radius 2 is 2.22 bits per heavy atom. The summed E-state index contributed by atoms with van der Waals surface area (Å²) in [6.45, 7) is 1.85. The van der Waals surface area contributed by atoms with E-state index in [-0.39, 0.29) is 11.7 Å². The predicted molar refractivity (Wildman–Crippen MR) is 59.6 cm³/mol. The van der Waals surface area contributed by atoms with Gasteiger partial charge in [-0.3, -0.25) is 0 Å². The Kier molecular flexibility index (Phi) is 3.41. The zero-order chi connectivity index (χ0) is 13.0. The van der Waals surface area contributed by atoms with Gasteiger partial charge in [-0.05, 0) is 19.1 Å². The first-order chi connectivity index (χ1) is 8.70. The van der Waals surface area contributed by atoms with Gasteiger partial charge in [0, 0.05) is 0 Å². The molecular weight excluding hydrogens is 238 g/mol. The zero-order valence-corrected chi connectivity index (χ0v) is 9.78. The quantitative estimate of drug-likeness (QED) is 0.724. The lowest BCUT2D eigenvalue weighted by atomic mass is 10.3. The molecule has 0 amide bonds. The van der Waals surface area contributed by atoms with Crippen LogP contribution in [0.5, 0.6) is 0 Å². The van der Waals surface area contributed by atoms with Gasteiger partial charge in [0.25, 0.3) is 0 Å². The second kappa shape index (κ2) is 5.17. The Hall–Kier alpha value is -2.58. The molecule has 9 nitrogen and oxygen atoms in total. The summed E-state index contributed by atoms with van der Waals surface area (Å²) in [6.07, 6.45) is 0. The monoisotopic (exact) mass is 249 g/mol. The maximum atomic E-state index is 11.2. The number of methoxy groups -OCH3 is 1. The molecule has 2 heterocycles. The zero-order valence-electron chi connectivity index (χ0n) is 9.78. The number of rotatable bonds is 4. The second-order valence-electron chi connectivity index (χ2n) is 3.43. The van der Waals surface area contributed by atoms with E-state index in [1.165, 1.54) is 13.2 Å². The van der Waals surface area contributed by atoms with Crippen LogP contribution >= 0.6 is 0 Å². The van der Waals surface area contributed by atoms with Crippen molar-refractivity contribution >= 4 is 11.8 Å². The highest BCUT2D eigenvalue weighted by Crippen LogP contribution is 2.12. The van der Waals surface area contributed by atoms with Crippen molar-refractivity contribution in [2.75, 3.05) is 12.4 Å². The molecule has 0 saturated heterocycles. The van der Waals surface area contributed by atoms with E-state index < -0.39 is 5.97 Å². The maximum Gasteiger partial charge on any atom is 0.358 e. The summed E-state index contributed by atoms with van der Waals surface area (Å²) in [7, 11) is 1.29. The minimum absolute atomic E-state index is 0.148. The van der Waals surface area contributed by atoms with Gasteiger partial charge < -0.3 is 10.1 Å². The number of H-pyrrole nitrogens is 1. The smallest absolute Gasteiger partial charge is 0.358 e. The minimum Gasteiger partial charge on any atom is -0.464 e. The van der Waals surface area contributed by atoms with Gasteiger partial charge in [0.1, 0.15) is 5.82 Å². The SMILES string of the molecule is COC(=O)c1ccc(NC(C)c2nn[nH]n2)nn1. The molecule has 0 aliphatic rings. The summed E-state index contributed by atoms with van der Waals surface area (Å²) in [5.41, 5.74) is 0.148. The van der Waals surface area contributed by atoms with Crippen molar-refractivity contribution in [1.82, 2.24) is 30.8 Å². The van der Waals surface area contributed by atoms with Crippen molar-refractivity contribution in [3.8, 4) is 0 Å². The molecule has 2 aromatic rings. The number of esters is 1. The van der Waals surface area contributed by atoms with Crippen LogP contribution in [0.2, 0.25) is 0 Å². The number of aromatic amines is 1. The fraction of sp³-hybridized carbons (Fsp3) is 0.333. The normalized spacial score (nSPS) is 11.9. The largest absolute Gasteiger partial charge is 0.464 e. The van der Waals surface area contributed by atoms with E-state index in [4.69, 9.17) is 0 Å². The first-order valence-corrected chi connectivity index (χ1v) is 5.12. The summed E-state index contributed by atoms with van der Waals surface area (Å²) in [6, 6.07) is 2.96. The highest BCUT2D eigenvalue weighted by atomic mass is 16.5. The van der Waals surface area contributed by atoms with E-state index in [1.54, 1.807) is 6.07 Å². The van der Waals surface area contributed by atoms with Gasteiger partial charge in [0.05, 0.1) is 13.2 Å². The van der Waals surface area contributed by atoms with Crippen molar-refractivity contribution < 1.29 is 9.53 Å². The van der Waals surface area contributed by atoms with Gasteiger partial charge in [-0.15, -0.1) is 20.4 Å². The summed E-state index contributed by atoms with van der Waals surface area (Å²) < 4.78 is 4.52. The number of carbonyl (C=O) groups is 1. The number of hydrogen-bond acceptors (Lipinski definition) is 8. The fourth-order valence-corrected chi connectivity index (χ4v) is 1.26. The Morgan fingerprint density at radius 1 is 1.39 bits per heavy atom. The van der Waals surface area contributed by atoms with Crippen LogP contribution in [0.15, 0.2) is 12.1 Å². The van der Waals surface area contributed by atoms with E-state index in [2.05, 4.69) is 40.9 Å². The predicted octanol–water partition coefficient (Wildman–Crippen LogP) is -0.0506. The molecule has 0 fully saturated rings. The van der Waals surface area contributed by atoms with E-state index in [0.717, 1.165) is 0 Å². The number of aromatic nitrogens is 6. The van der Waals surface area contributed by atoms with Gasteiger partial charge >= 0.3 is 5.97 Å². The number of hydrogen-bond donors (Lipinski definition) is 2. The van der Waals surface area contributed by atoms with Gasteiger partial charge in [-0.2, -0.15) is 5.21 Å². The average molecular weight is 249 g/mol. The molecule has 9 heteroatoms. The van der Waals surface area contributed by atoms with E-state index in [9.17, 15) is 4.79 Å². The lowest BCUT2D eigenvalue weighted by Crippen LogP contribution is -2.12. The standard InChI is InChI=1S/C9H11N7O2/c1-5(8-13-15-16-14-8)10-7-4-3-6(11-12-7)9(17)18-2/h3-5H,1-2H3,(H,10,12)(H,13,14,15,16). The summed E-state index contributed by atoms with van der Waals surface area (Å²) in [5, 5.41) is 24.1. The van der Waals surface area contributed by atoms with Gasteiger partial charge in [-0.1, -0.05) is 5.21 Å². The van der Waals surface area contributed by atoms with Crippen LogP contribution in [0.25, 0.3) is 0 Å². The average Bonchev–Trinajstić information content (AvgIpc) is 2.92. The first kappa shape index (κ1) is 11.9. The molecule has 2 aromatic heterocycles. The third-order valence-electron chi connectivity index (χ3n) is 2.17. The molecule has 0 aliphatic carbocycles. The molecule has 0 aliphatic heterocycles. The summed E-state index contributed by atoms with van der Waals surface area (Å²) in [5.74, 6) is 0.481. The lowest BCUT2D eigenvalue weighted by Gasteiger charge is -2.09. The van der Waals surface area contributed by atoms with Crippen molar-refractivity contribution in [3.63, 3.8) is 0 Å². The molecule has 1 atom stereocenters. The Morgan fingerprint density at radius 3 is 2.78 bits per heavy atom. The molecule has 0 bridgehead atoms. The molecule has 2 rings (SSSR count). The number of anilines is 1. The van der Waals surface area contributed by atoms with Crippen LogP contribution in [-0.2, 0) is 4.74 Å². The highest BCUT2D eigenvalue weighted by molar-refractivity contribution is 5.86. The van der Waals surface area contributed by atoms with Crippen LogP contribution in [0, 0.1) is 0 Å². The molecule has 0 radical (unpaired) electrons. The summed E-state index contributed by atoms with van der Waals surface area (Å²) in [4.78, 5) is 11.2. The van der Waals surface area contributed by atoms with E-state index in [0.29, 0.717) is 11.6 Å². The van der Waals surface area contributed by atoms with Crippen molar-refractivity contribution in [1.29, 1.82) is 0 Å². The molecule has 94 valence electrons. The third kappa shape index (κ3) is 2.56.